The number of rotatable bonds is 2. The highest BCUT2D eigenvalue weighted by atomic mass is 16.5. The van der Waals surface area contributed by atoms with Gasteiger partial charge in [0.2, 0.25) is 1.43 Å². The Morgan fingerprint density at radius 2 is 2.45 bits per heavy atom. The summed E-state index contributed by atoms with van der Waals surface area (Å²) in [6.45, 7) is 0.368. The van der Waals surface area contributed by atoms with Crippen molar-refractivity contribution in [3.63, 3.8) is 0 Å². The van der Waals surface area contributed by atoms with Crippen LogP contribution in [0.25, 0.3) is 0 Å². The average Bonchev–Trinajstić information content (AvgIpc) is 2.96. The molecule has 0 amide bonds. The molecule has 1 N–H and O–H groups in total. The second kappa shape index (κ2) is 4.06. The number of ether oxygens (including phenoxy) is 2. The van der Waals surface area contributed by atoms with Gasteiger partial charge >= 0.3 is 0 Å². The molecule has 1 fully saturated rings. The van der Waals surface area contributed by atoms with Crippen LogP contribution in [0.1, 0.15) is 25.8 Å². The number of likely N-dealkylation sites (N-methyl/N-ethyl adjacent to an activating group) is 1. The Hall–Kier alpha value is -1.52. The Bertz CT molecular complexity index is 991. The van der Waals surface area contributed by atoms with Crippen molar-refractivity contribution < 1.29 is 22.8 Å². The molecule has 5 rings (SSSR count). The number of hydrogen-bond acceptors (Lipinski definition) is 4. The van der Waals surface area contributed by atoms with Crippen LogP contribution in [-0.4, -0.2) is 50.3 Å². The molecule has 1 spiro atoms. The molecule has 22 heavy (non-hydrogen) atoms. The van der Waals surface area contributed by atoms with Crippen LogP contribution >= 0.6 is 0 Å². The Balaban J connectivity index is 2.00. The molecular formula is C18H21NO3. The highest BCUT2D eigenvalue weighted by molar-refractivity contribution is 5.62. The summed E-state index contributed by atoms with van der Waals surface area (Å²) < 4.78 is 72.5. The van der Waals surface area contributed by atoms with Crippen LogP contribution in [0, 0.1) is 5.89 Å². The third-order valence-corrected chi connectivity index (χ3v) is 5.31. The van der Waals surface area contributed by atoms with E-state index in [1.807, 2.05) is 0 Å². The van der Waals surface area contributed by atoms with Crippen molar-refractivity contribution >= 4 is 0 Å². The van der Waals surface area contributed by atoms with E-state index >= 15 is 0 Å². The number of methoxy groups -OCH3 is 1. The van der Waals surface area contributed by atoms with Gasteiger partial charge in [0, 0.05) is 25.6 Å². The lowest BCUT2D eigenvalue weighted by atomic mass is 9.53. The van der Waals surface area contributed by atoms with E-state index in [-0.39, 0.29) is 36.4 Å². The minimum absolute atomic E-state index is 0.00228. The standard InChI is InChI=1S/C18H21NO3/c1-19-8-7-18-11-4-5-13(20)17(18)22-16-14(21-2)6-3-10(15(16)18)9-12(11)19/h3-6,11-13,17,20H,7-9H2,1-2H3/t11-,12+,13?,17?,18-/m0/s1/i3D,6D,11D,12D,13D,17D,20D. The van der Waals surface area contributed by atoms with Gasteiger partial charge in [0.15, 0.2) is 11.5 Å². The minimum atomic E-state index is -2.27. The Labute approximate surface area is 140 Å². The van der Waals surface area contributed by atoms with E-state index in [4.69, 9.17) is 15.0 Å². The SMILES string of the molecule is [2H]OC1([2H])C=C[C@@]2([2H])[C@@]3([2H])Cc4c([2H])c([2H])c(OC)c5c4[C@@]2(CCN3C)C1([2H])O5. The Kier molecular flexibility index (Phi) is 1.45. The minimum Gasteiger partial charge on any atom is -0.493 e. The normalized spacial score (nSPS) is 58.9. The molecule has 5 atom stereocenters. The van der Waals surface area contributed by atoms with E-state index in [9.17, 15) is 4.11 Å². The molecule has 4 heteroatoms. The van der Waals surface area contributed by atoms with E-state index in [2.05, 4.69) is 5.11 Å². The van der Waals surface area contributed by atoms with Crippen LogP contribution in [0.2, 0.25) is 0 Å². The Morgan fingerprint density at radius 3 is 3.27 bits per heavy atom. The Morgan fingerprint density at radius 1 is 1.55 bits per heavy atom. The fraction of sp³-hybridized carbons (Fsp3) is 0.556. The van der Waals surface area contributed by atoms with Crippen LogP contribution in [0.4, 0.5) is 0 Å². The summed E-state index contributed by atoms with van der Waals surface area (Å²) >= 11 is 0. The number of nitrogens with zero attached hydrogens (tertiary/aromatic N) is 1. The number of aliphatic hydroxyl groups is 1. The molecule has 4 nitrogen and oxygen atoms in total. The van der Waals surface area contributed by atoms with Crippen LogP contribution in [-0.2, 0) is 11.8 Å². The van der Waals surface area contributed by atoms with E-state index in [1.54, 1.807) is 11.9 Å². The van der Waals surface area contributed by atoms with Crippen molar-refractivity contribution in [3.05, 3.63) is 35.4 Å². The summed E-state index contributed by atoms with van der Waals surface area (Å²) in [6, 6.07) is -1.90. The highest BCUT2D eigenvalue weighted by Gasteiger charge is 2.64. The summed E-state index contributed by atoms with van der Waals surface area (Å²) in [5, 5.41) is 4.69. The number of likely N-dealkylation sites (tertiary alicyclic amines) is 1. The molecule has 1 aromatic carbocycles. The van der Waals surface area contributed by atoms with Gasteiger partial charge in [-0.2, -0.15) is 0 Å². The van der Waals surface area contributed by atoms with Crippen molar-refractivity contribution in [2.75, 3.05) is 20.7 Å². The average molecular weight is 306 g/mol. The topological polar surface area (TPSA) is 41.9 Å². The first-order chi connectivity index (χ1) is 13.5. The maximum absolute atomic E-state index is 9.47. The summed E-state index contributed by atoms with van der Waals surface area (Å²) in [5.74, 6) is -1.67. The molecule has 2 aliphatic carbocycles. The van der Waals surface area contributed by atoms with Gasteiger partial charge in [-0.1, -0.05) is 18.2 Å². The zero-order valence-corrected chi connectivity index (χ0v) is 12.4. The summed E-state index contributed by atoms with van der Waals surface area (Å²) in [6.07, 6.45) is -1.77. The largest absolute Gasteiger partial charge is 0.493 e. The van der Waals surface area contributed by atoms with Gasteiger partial charge in [-0.3, -0.25) is 0 Å². The van der Waals surface area contributed by atoms with E-state index in [1.165, 1.54) is 13.2 Å². The van der Waals surface area contributed by atoms with Gasteiger partial charge < -0.3 is 19.5 Å². The van der Waals surface area contributed by atoms with Crippen molar-refractivity contribution in [2.45, 2.75) is 36.4 Å². The quantitative estimate of drug-likeness (QED) is 0.841. The van der Waals surface area contributed by atoms with Crippen LogP contribution in [0.5, 0.6) is 11.5 Å². The van der Waals surface area contributed by atoms with Crippen molar-refractivity contribution in [2.24, 2.45) is 5.89 Å². The predicted octanol–water partition coefficient (Wildman–Crippen LogP) is 1.50. The van der Waals surface area contributed by atoms with Crippen molar-refractivity contribution in [3.8, 4) is 11.5 Å². The number of piperidine rings is 1. The summed E-state index contributed by atoms with van der Waals surface area (Å²) in [7, 11) is 3.07. The second-order valence-electron chi connectivity index (χ2n) is 6.21. The van der Waals surface area contributed by atoms with Gasteiger partial charge in [0.25, 0.3) is 0 Å². The van der Waals surface area contributed by atoms with Gasteiger partial charge in [-0.15, -0.1) is 0 Å². The lowest BCUT2D eigenvalue weighted by Crippen LogP contribution is -2.64. The zero-order chi connectivity index (χ0) is 21.2. The fourth-order valence-corrected chi connectivity index (χ4v) is 4.31. The molecule has 0 saturated carbocycles. The van der Waals surface area contributed by atoms with E-state index in [0.717, 1.165) is 6.08 Å². The van der Waals surface area contributed by atoms with Crippen molar-refractivity contribution in [1.82, 2.24) is 4.90 Å². The van der Waals surface area contributed by atoms with Gasteiger partial charge in [0.1, 0.15) is 12.2 Å². The van der Waals surface area contributed by atoms with Crippen LogP contribution < -0.4 is 9.47 Å². The first kappa shape index (κ1) is 7.84. The molecule has 1 saturated heterocycles. The molecule has 2 unspecified atom stereocenters. The third kappa shape index (κ3) is 1.28. The van der Waals surface area contributed by atoms with Crippen LogP contribution in [0.3, 0.4) is 0 Å². The lowest BCUT2D eigenvalue weighted by molar-refractivity contribution is -0.0453. The molecule has 0 radical (unpaired) electrons. The molecule has 1 aromatic rings. The number of benzene rings is 1. The molecule has 116 valence electrons. The molecule has 4 aliphatic rings. The van der Waals surface area contributed by atoms with E-state index < -0.39 is 29.5 Å². The maximum atomic E-state index is 9.47. The molecule has 2 heterocycles. The molecular weight excluding hydrogens is 278 g/mol. The third-order valence-electron chi connectivity index (χ3n) is 5.31. The second-order valence-corrected chi connectivity index (χ2v) is 6.21. The highest BCUT2D eigenvalue weighted by Crippen LogP contribution is 2.62. The molecule has 2 aliphatic heterocycles. The molecule has 2 bridgehead atoms. The predicted molar refractivity (Wildman–Crippen MR) is 82.5 cm³/mol. The monoisotopic (exact) mass is 306 g/mol. The van der Waals surface area contributed by atoms with Gasteiger partial charge in [-0.05, 0) is 38.0 Å². The van der Waals surface area contributed by atoms with Crippen molar-refractivity contribution in [1.29, 1.82) is 1.43 Å². The smallest absolute Gasteiger partial charge is 0.211 e. The summed E-state index contributed by atoms with van der Waals surface area (Å²) in [4.78, 5) is 1.72. The summed E-state index contributed by atoms with van der Waals surface area (Å²) in [5.41, 5.74) is -0.785. The fourth-order valence-electron chi connectivity index (χ4n) is 4.31. The van der Waals surface area contributed by atoms with E-state index in [0.29, 0.717) is 17.7 Å². The first-order valence-corrected chi connectivity index (χ1v) is 7.43. The molecule has 0 aromatic heterocycles. The van der Waals surface area contributed by atoms with Gasteiger partial charge in [-0.25, -0.2) is 0 Å². The zero-order valence-electron chi connectivity index (χ0n) is 19.4. The van der Waals surface area contributed by atoms with Gasteiger partial charge in [0.05, 0.1) is 12.6 Å². The number of hydrogen-bond donors (Lipinski definition) is 1. The lowest BCUT2D eigenvalue weighted by Gasteiger charge is -2.56. The van der Waals surface area contributed by atoms with Crippen LogP contribution in [0.15, 0.2) is 24.2 Å². The first-order valence-electron chi connectivity index (χ1n) is 10.8. The maximum Gasteiger partial charge on any atom is 0.211 e.